The fourth-order valence-corrected chi connectivity index (χ4v) is 3.39. The summed E-state index contributed by atoms with van der Waals surface area (Å²) in [5, 5.41) is 1.71. The van der Waals surface area contributed by atoms with E-state index in [4.69, 9.17) is 14.5 Å². The Balaban J connectivity index is 1.47. The summed E-state index contributed by atoms with van der Waals surface area (Å²) in [6.07, 6.45) is 7.89. The van der Waals surface area contributed by atoms with Crippen LogP contribution in [0.3, 0.4) is 0 Å². The lowest BCUT2D eigenvalue weighted by Gasteiger charge is -2.39. The van der Waals surface area contributed by atoms with E-state index in [1.807, 2.05) is 11.8 Å². The van der Waals surface area contributed by atoms with Crippen LogP contribution < -0.4 is 0 Å². The van der Waals surface area contributed by atoms with E-state index in [2.05, 4.69) is 23.1 Å². The van der Waals surface area contributed by atoms with Gasteiger partial charge in [0.1, 0.15) is 0 Å². The molecule has 5 heteroatoms. The second kappa shape index (κ2) is 5.47. The lowest BCUT2D eigenvalue weighted by atomic mass is 10.1. The standard InChI is InChI=1S/C13H18N2O2S/c1-16-6-7-17-10-8-15(9-10)13-14-11-4-2-3-5-12(11)18-13/h2-4,10,12H,5-9H2,1H3. The number of rotatable bonds is 4. The highest BCUT2D eigenvalue weighted by atomic mass is 32.2. The van der Waals surface area contributed by atoms with E-state index >= 15 is 0 Å². The molecular formula is C13H18N2O2S. The molecular weight excluding hydrogens is 248 g/mol. The average Bonchev–Trinajstić information content (AvgIpc) is 2.75. The van der Waals surface area contributed by atoms with Gasteiger partial charge in [0.15, 0.2) is 5.17 Å². The van der Waals surface area contributed by atoms with Gasteiger partial charge in [-0.3, -0.25) is 0 Å². The Morgan fingerprint density at radius 2 is 2.33 bits per heavy atom. The highest BCUT2D eigenvalue weighted by Crippen LogP contribution is 2.37. The number of hydrogen-bond donors (Lipinski definition) is 0. The Kier molecular flexibility index (Phi) is 3.72. The summed E-state index contributed by atoms with van der Waals surface area (Å²) in [6.45, 7) is 3.28. The fraction of sp³-hybridized carbons (Fsp3) is 0.615. The molecule has 2 aliphatic heterocycles. The molecule has 2 heterocycles. The number of aliphatic imine (C=N–C) groups is 1. The minimum absolute atomic E-state index is 0.346. The number of hydrogen-bond acceptors (Lipinski definition) is 5. The van der Waals surface area contributed by atoms with Crippen LogP contribution in [0.5, 0.6) is 0 Å². The number of fused-ring (bicyclic) bond motifs is 1. The molecule has 18 heavy (non-hydrogen) atoms. The lowest BCUT2D eigenvalue weighted by molar-refractivity contribution is -0.0416. The second-order valence-corrected chi connectivity index (χ2v) is 5.82. The van der Waals surface area contributed by atoms with Crippen molar-refractivity contribution < 1.29 is 9.47 Å². The number of allylic oxidation sites excluding steroid dienone is 3. The third-order valence-corrected chi connectivity index (χ3v) is 4.59. The summed E-state index contributed by atoms with van der Waals surface area (Å²) in [5.41, 5.74) is 1.22. The first-order valence-electron chi connectivity index (χ1n) is 6.34. The van der Waals surface area contributed by atoms with Gasteiger partial charge in [0.25, 0.3) is 0 Å². The van der Waals surface area contributed by atoms with E-state index in [0.29, 0.717) is 24.6 Å². The van der Waals surface area contributed by atoms with Crippen molar-refractivity contribution in [3.05, 3.63) is 23.9 Å². The molecule has 0 aromatic heterocycles. The van der Waals surface area contributed by atoms with Crippen molar-refractivity contribution in [1.82, 2.24) is 4.90 Å². The molecule has 0 radical (unpaired) electrons. The SMILES string of the molecule is COCCOC1CN(C2=NC3=CC=CCC3S2)C1. The molecule has 0 saturated carbocycles. The van der Waals surface area contributed by atoms with Gasteiger partial charge in [-0.1, -0.05) is 23.9 Å². The third kappa shape index (κ3) is 2.48. The molecule has 98 valence electrons. The molecule has 0 bridgehead atoms. The molecule has 1 saturated heterocycles. The minimum atomic E-state index is 0.346. The van der Waals surface area contributed by atoms with Gasteiger partial charge in [-0.05, 0) is 12.5 Å². The Labute approximate surface area is 112 Å². The number of ether oxygens (including phenoxy) is 2. The number of likely N-dealkylation sites (tertiary alicyclic amines) is 1. The van der Waals surface area contributed by atoms with Gasteiger partial charge in [-0.2, -0.15) is 0 Å². The van der Waals surface area contributed by atoms with Crippen molar-refractivity contribution in [3.8, 4) is 0 Å². The Morgan fingerprint density at radius 1 is 1.44 bits per heavy atom. The van der Waals surface area contributed by atoms with E-state index in [-0.39, 0.29) is 0 Å². The Bertz CT molecular complexity index is 400. The second-order valence-electron chi connectivity index (χ2n) is 4.65. The normalized spacial score (nSPS) is 26.7. The topological polar surface area (TPSA) is 34.1 Å². The fourth-order valence-electron chi connectivity index (χ4n) is 2.22. The summed E-state index contributed by atoms with van der Waals surface area (Å²) >= 11 is 1.89. The van der Waals surface area contributed by atoms with Crippen molar-refractivity contribution in [3.63, 3.8) is 0 Å². The van der Waals surface area contributed by atoms with Crippen LogP contribution >= 0.6 is 11.8 Å². The summed E-state index contributed by atoms with van der Waals surface area (Å²) in [5.74, 6) is 0. The van der Waals surface area contributed by atoms with Gasteiger partial charge in [0.2, 0.25) is 0 Å². The first-order chi connectivity index (χ1) is 8.86. The van der Waals surface area contributed by atoms with Crippen molar-refractivity contribution in [2.45, 2.75) is 17.8 Å². The van der Waals surface area contributed by atoms with Crippen LogP contribution in [-0.2, 0) is 9.47 Å². The molecule has 0 amide bonds. The minimum Gasteiger partial charge on any atom is -0.382 e. The summed E-state index contributed by atoms with van der Waals surface area (Å²) in [6, 6.07) is 0. The highest BCUT2D eigenvalue weighted by molar-refractivity contribution is 8.14. The van der Waals surface area contributed by atoms with Crippen LogP contribution in [0.4, 0.5) is 0 Å². The predicted molar refractivity (Wildman–Crippen MR) is 73.8 cm³/mol. The molecule has 3 aliphatic rings. The van der Waals surface area contributed by atoms with Crippen molar-refractivity contribution in [1.29, 1.82) is 0 Å². The van der Waals surface area contributed by atoms with Crippen molar-refractivity contribution in [2.75, 3.05) is 33.4 Å². The number of amidine groups is 1. The quantitative estimate of drug-likeness (QED) is 0.725. The van der Waals surface area contributed by atoms with E-state index in [9.17, 15) is 0 Å². The third-order valence-electron chi connectivity index (χ3n) is 3.32. The van der Waals surface area contributed by atoms with Crippen LogP contribution in [0, 0.1) is 0 Å². The maximum atomic E-state index is 5.67. The zero-order valence-electron chi connectivity index (χ0n) is 10.5. The molecule has 0 aromatic rings. The molecule has 1 atom stereocenters. The molecule has 0 aromatic carbocycles. The van der Waals surface area contributed by atoms with E-state index < -0.39 is 0 Å². The summed E-state index contributed by atoms with van der Waals surface area (Å²) < 4.78 is 10.6. The molecule has 1 aliphatic carbocycles. The Morgan fingerprint density at radius 3 is 3.11 bits per heavy atom. The first kappa shape index (κ1) is 12.3. The van der Waals surface area contributed by atoms with Gasteiger partial charge in [-0.25, -0.2) is 4.99 Å². The van der Waals surface area contributed by atoms with Crippen molar-refractivity contribution >= 4 is 16.9 Å². The zero-order chi connectivity index (χ0) is 12.4. The van der Waals surface area contributed by atoms with Crippen LogP contribution in [0.1, 0.15) is 6.42 Å². The van der Waals surface area contributed by atoms with Crippen LogP contribution in [0.25, 0.3) is 0 Å². The maximum absolute atomic E-state index is 5.67. The van der Waals surface area contributed by atoms with Gasteiger partial charge in [0, 0.05) is 20.2 Å². The molecule has 3 rings (SSSR count). The molecule has 0 N–H and O–H groups in total. The largest absolute Gasteiger partial charge is 0.382 e. The van der Waals surface area contributed by atoms with Crippen LogP contribution in [0.15, 0.2) is 28.9 Å². The smallest absolute Gasteiger partial charge is 0.164 e. The first-order valence-corrected chi connectivity index (χ1v) is 7.22. The zero-order valence-corrected chi connectivity index (χ0v) is 11.4. The molecule has 0 spiro atoms. The summed E-state index contributed by atoms with van der Waals surface area (Å²) in [7, 11) is 1.70. The summed E-state index contributed by atoms with van der Waals surface area (Å²) in [4.78, 5) is 7.00. The van der Waals surface area contributed by atoms with Crippen molar-refractivity contribution in [2.24, 2.45) is 4.99 Å². The number of thioether (sulfide) groups is 1. The monoisotopic (exact) mass is 266 g/mol. The predicted octanol–water partition coefficient (Wildman–Crippen LogP) is 1.65. The molecule has 4 nitrogen and oxygen atoms in total. The van der Waals surface area contributed by atoms with Crippen LogP contribution in [-0.4, -0.2) is 54.8 Å². The van der Waals surface area contributed by atoms with E-state index in [1.165, 1.54) is 10.9 Å². The van der Waals surface area contributed by atoms with Gasteiger partial charge < -0.3 is 14.4 Å². The molecule has 1 fully saturated rings. The average molecular weight is 266 g/mol. The van der Waals surface area contributed by atoms with Gasteiger partial charge >= 0.3 is 0 Å². The van der Waals surface area contributed by atoms with Crippen LogP contribution in [0.2, 0.25) is 0 Å². The number of methoxy groups -OCH3 is 1. The van der Waals surface area contributed by atoms with Gasteiger partial charge in [-0.15, -0.1) is 0 Å². The van der Waals surface area contributed by atoms with E-state index in [0.717, 1.165) is 19.5 Å². The van der Waals surface area contributed by atoms with Gasteiger partial charge in [0.05, 0.1) is 30.3 Å². The maximum Gasteiger partial charge on any atom is 0.164 e. The number of nitrogens with zero attached hydrogens (tertiary/aromatic N) is 2. The Hall–Kier alpha value is -0.780. The van der Waals surface area contributed by atoms with E-state index in [1.54, 1.807) is 7.11 Å². The molecule has 1 unspecified atom stereocenters. The lowest BCUT2D eigenvalue weighted by Crippen LogP contribution is -2.54. The highest BCUT2D eigenvalue weighted by Gasteiger charge is 2.35.